The monoisotopic (exact) mass is 469 g/mol. The molecule has 1 aromatic heterocycles. The van der Waals surface area contributed by atoms with E-state index in [2.05, 4.69) is 30.5 Å². The maximum absolute atomic E-state index is 13.1. The van der Waals surface area contributed by atoms with E-state index in [4.69, 9.17) is 14.5 Å². The molecule has 5 rings (SSSR count). The Morgan fingerprint density at radius 2 is 1.74 bits per heavy atom. The van der Waals surface area contributed by atoms with E-state index in [9.17, 15) is 4.79 Å². The van der Waals surface area contributed by atoms with E-state index in [0.717, 1.165) is 52.6 Å². The number of nitrogens with zero attached hydrogens (tertiary/aromatic N) is 3. The van der Waals surface area contributed by atoms with Crippen LogP contribution in [0.5, 0.6) is 11.5 Å². The topological polar surface area (TPSA) is 56.6 Å². The summed E-state index contributed by atoms with van der Waals surface area (Å²) in [5.74, 6) is 2.66. The quantitative estimate of drug-likeness (QED) is 0.313. The lowest BCUT2D eigenvalue weighted by molar-refractivity contribution is -0.117. The lowest BCUT2D eigenvalue weighted by Crippen LogP contribution is -2.25. The Morgan fingerprint density at radius 1 is 0.971 bits per heavy atom. The number of ether oxygens (including phenoxy) is 2. The number of amides is 1. The second kappa shape index (κ2) is 9.82. The summed E-state index contributed by atoms with van der Waals surface area (Å²) < 4.78 is 13.7. The number of para-hydroxylation sites is 4. The first-order valence-electron chi connectivity index (χ1n) is 12.1. The number of benzene rings is 3. The van der Waals surface area contributed by atoms with Crippen LogP contribution in [-0.2, 0) is 11.3 Å². The number of carbonyl (C=O) groups is 1. The lowest BCUT2D eigenvalue weighted by atomic mass is 10.1. The molecule has 0 spiro atoms. The van der Waals surface area contributed by atoms with E-state index in [0.29, 0.717) is 19.6 Å². The first-order chi connectivity index (χ1) is 17.1. The van der Waals surface area contributed by atoms with Gasteiger partial charge in [0.1, 0.15) is 5.82 Å². The first-order valence-corrected chi connectivity index (χ1v) is 12.1. The summed E-state index contributed by atoms with van der Waals surface area (Å²) in [5, 5.41) is 0. The molecule has 0 unspecified atom stereocenters. The van der Waals surface area contributed by atoms with Crippen LogP contribution in [0, 0.1) is 13.8 Å². The SMILES string of the molecule is COc1ccccc1OCCCn1c([C@H]2CC(=O)N(c3cccc(C)c3C)C2)nc2ccccc21. The Balaban J connectivity index is 1.36. The van der Waals surface area contributed by atoms with Gasteiger partial charge in [0.05, 0.1) is 24.8 Å². The maximum atomic E-state index is 13.1. The predicted molar refractivity (Wildman–Crippen MR) is 138 cm³/mol. The third kappa shape index (κ3) is 4.48. The molecular formula is C29H31N3O3. The van der Waals surface area contributed by atoms with Crippen molar-refractivity contribution in [3.05, 3.63) is 83.7 Å². The molecule has 3 aromatic carbocycles. The second-order valence-electron chi connectivity index (χ2n) is 9.09. The van der Waals surface area contributed by atoms with Gasteiger partial charge in [0.2, 0.25) is 5.91 Å². The number of methoxy groups -OCH3 is 1. The average molecular weight is 470 g/mol. The average Bonchev–Trinajstić information content (AvgIpc) is 3.44. The van der Waals surface area contributed by atoms with E-state index in [1.165, 1.54) is 5.56 Å². The van der Waals surface area contributed by atoms with Crippen molar-refractivity contribution < 1.29 is 14.3 Å². The molecule has 35 heavy (non-hydrogen) atoms. The Kier molecular flexibility index (Phi) is 6.45. The molecule has 0 radical (unpaired) electrons. The molecule has 0 bridgehead atoms. The van der Waals surface area contributed by atoms with Crippen LogP contribution in [0.25, 0.3) is 11.0 Å². The van der Waals surface area contributed by atoms with Crippen molar-refractivity contribution in [1.82, 2.24) is 9.55 Å². The third-order valence-electron chi connectivity index (χ3n) is 6.89. The van der Waals surface area contributed by atoms with Gasteiger partial charge in [-0.3, -0.25) is 4.79 Å². The molecular weight excluding hydrogens is 438 g/mol. The molecule has 6 heteroatoms. The minimum Gasteiger partial charge on any atom is -0.493 e. The molecule has 1 amide bonds. The van der Waals surface area contributed by atoms with E-state index >= 15 is 0 Å². The molecule has 1 aliphatic rings. The summed E-state index contributed by atoms with van der Waals surface area (Å²) in [6.07, 6.45) is 1.28. The van der Waals surface area contributed by atoms with Crippen molar-refractivity contribution in [2.24, 2.45) is 0 Å². The number of hydrogen-bond acceptors (Lipinski definition) is 4. The number of hydrogen-bond donors (Lipinski definition) is 0. The summed E-state index contributed by atoms with van der Waals surface area (Å²) in [6, 6.07) is 22.0. The highest BCUT2D eigenvalue weighted by Crippen LogP contribution is 2.35. The largest absolute Gasteiger partial charge is 0.493 e. The van der Waals surface area contributed by atoms with Crippen LogP contribution < -0.4 is 14.4 Å². The van der Waals surface area contributed by atoms with Crippen molar-refractivity contribution >= 4 is 22.6 Å². The zero-order valence-corrected chi connectivity index (χ0v) is 20.5. The molecule has 180 valence electrons. The van der Waals surface area contributed by atoms with E-state index in [1.807, 2.05) is 59.5 Å². The first kappa shape index (κ1) is 23.0. The molecule has 0 aliphatic carbocycles. The van der Waals surface area contributed by atoms with Gasteiger partial charge in [-0.15, -0.1) is 0 Å². The number of anilines is 1. The maximum Gasteiger partial charge on any atom is 0.227 e. The van der Waals surface area contributed by atoms with Gasteiger partial charge in [-0.05, 0) is 61.7 Å². The standard InChI is InChI=1S/C29H31N3O3/c1-20-10-8-13-24(21(20)2)32-19-22(18-28(32)33)29-30-23-11-4-5-12-25(23)31(29)16-9-17-35-27-15-7-6-14-26(27)34-3/h4-8,10-15,22H,9,16-19H2,1-3H3/t22-/m0/s1. The highest BCUT2D eigenvalue weighted by molar-refractivity contribution is 5.97. The molecule has 1 atom stereocenters. The molecule has 1 fully saturated rings. The minimum atomic E-state index is 0.0462. The van der Waals surface area contributed by atoms with Crippen LogP contribution in [0.3, 0.4) is 0 Å². The van der Waals surface area contributed by atoms with Gasteiger partial charge in [0.15, 0.2) is 11.5 Å². The zero-order valence-electron chi connectivity index (χ0n) is 20.5. The Bertz CT molecular complexity index is 1360. The van der Waals surface area contributed by atoms with Crippen LogP contribution in [-0.4, -0.2) is 35.7 Å². The summed E-state index contributed by atoms with van der Waals surface area (Å²) in [5.41, 5.74) is 5.41. The molecule has 4 aromatic rings. The summed E-state index contributed by atoms with van der Waals surface area (Å²) in [7, 11) is 1.65. The van der Waals surface area contributed by atoms with Crippen molar-refractivity contribution in [3.63, 3.8) is 0 Å². The summed E-state index contributed by atoms with van der Waals surface area (Å²) >= 11 is 0. The van der Waals surface area contributed by atoms with Crippen LogP contribution in [0.2, 0.25) is 0 Å². The Labute approximate surface area is 206 Å². The van der Waals surface area contributed by atoms with Gasteiger partial charge < -0.3 is 18.9 Å². The molecule has 0 N–H and O–H groups in total. The Morgan fingerprint density at radius 3 is 2.57 bits per heavy atom. The van der Waals surface area contributed by atoms with Crippen molar-refractivity contribution in [3.8, 4) is 11.5 Å². The fourth-order valence-electron chi connectivity index (χ4n) is 4.93. The van der Waals surface area contributed by atoms with E-state index in [1.54, 1.807) is 7.11 Å². The lowest BCUT2D eigenvalue weighted by Gasteiger charge is -2.20. The fourth-order valence-corrected chi connectivity index (χ4v) is 4.93. The van der Waals surface area contributed by atoms with Gasteiger partial charge in [0, 0.05) is 31.1 Å². The summed E-state index contributed by atoms with van der Waals surface area (Å²) in [6.45, 7) is 6.14. The molecule has 2 heterocycles. The molecule has 1 saturated heterocycles. The van der Waals surface area contributed by atoms with Gasteiger partial charge in [-0.25, -0.2) is 4.98 Å². The summed E-state index contributed by atoms with van der Waals surface area (Å²) in [4.78, 5) is 20.0. The predicted octanol–water partition coefficient (Wildman–Crippen LogP) is 5.65. The number of rotatable bonds is 8. The number of aromatic nitrogens is 2. The van der Waals surface area contributed by atoms with Gasteiger partial charge in [0.25, 0.3) is 0 Å². The molecule has 0 saturated carbocycles. The molecule has 6 nitrogen and oxygen atoms in total. The van der Waals surface area contributed by atoms with Crippen LogP contribution in [0.4, 0.5) is 5.69 Å². The number of imidazole rings is 1. The van der Waals surface area contributed by atoms with Gasteiger partial charge in [-0.1, -0.05) is 36.4 Å². The van der Waals surface area contributed by atoms with E-state index in [-0.39, 0.29) is 11.8 Å². The number of carbonyl (C=O) groups excluding carboxylic acids is 1. The highest BCUT2D eigenvalue weighted by Gasteiger charge is 2.35. The minimum absolute atomic E-state index is 0.0462. The van der Waals surface area contributed by atoms with Gasteiger partial charge >= 0.3 is 0 Å². The van der Waals surface area contributed by atoms with Crippen molar-refractivity contribution in [1.29, 1.82) is 0 Å². The van der Waals surface area contributed by atoms with E-state index < -0.39 is 0 Å². The van der Waals surface area contributed by atoms with Gasteiger partial charge in [-0.2, -0.15) is 0 Å². The zero-order chi connectivity index (χ0) is 24.4. The smallest absolute Gasteiger partial charge is 0.227 e. The van der Waals surface area contributed by atoms with Crippen LogP contribution in [0.1, 0.15) is 35.7 Å². The number of aryl methyl sites for hydroxylation is 2. The number of fused-ring (bicyclic) bond motifs is 1. The second-order valence-corrected chi connectivity index (χ2v) is 9.09. The highest BCUT2D eigenvalue weighted by atomic mass is 16.5. The third-order valence-corrected chi connectivity index (χ3v) is 6.89. The fraction of sp³-hybridized carbons (Fsp3) is 0.310. The van der Waals surface area contributed by atoms with Crippen molar-refractivity contribution in [2.75, 3.05) is 25.2 Å². The normalized spacial score (nSPS) is 15.7. The Hall–Kier alpha value is -3.80. The van der Waals surface area contributed by atoms with Crippen LogP contribution in [0.15, 0.2) is 66.7 Å². The van der Waals surface area contributed by atoms with Crippen LogP contribution >= 0.6 is 0 Å². The van der Waals surface area contributed by atoms with Crippen molar-refractivity contribution in [2.45, 2.75) is 39.2 Å². The molecule has 1 aliphatic heterocycles.